The minimum absolute atomic E-state index is 0.0224. The van der Waals surface area contributed by atoms with Crippen molar-refractivity contribution in [1.82, 2.24) is 9.78 Å². The molecule has 0 spiro atoms. The molecule has 0 aliphatic heterocycles. The quantitative estimate of drug-likeness (QED) is 0.224. The normalized spacial score (nSPS) is 12.0. The Kier molecular flexibility index (Phi) is 6.04. The van der Waals surface area contributed by atoms with Gasteiger partial charge < -0.3 is 0 Å². The number of nitrogens with zero attached hydrogens (tertiary/aromatic N) is 1. The first-order valence-electron chi connectivity index (χ1n) is 8.35. The van der Waals surface area contributed by atoms with Gasteiger partial charge in [0.05, 0.1) is 0 Å². The molecule has 1 aromatic heterocycles. The molecule has 0 aliphatic rings. The van der Waals surface area contributed by atoms with Crippen LogP contribution >= 0.6 is 0 Å². The van der Waals surface area contributed by atoms with Crippen molar-refractivity contribution in [3.8, 4) is 5.69 Å². The number of rotatable bonds is 4. The van der Waals surface area contributed by atoms with E-state index in [1.165, 1.54) is 5.10 Å². The monoisotopic (exact) mass is 508 g/mol. The number of H-pyrrole nitrogens is 1. The minimum atomic E-state index is -5.96. The molecule has 0 saturated carbocycles. The highest BCUT2D eigenvalue weighted by molar-refractivity contribution is 6.09. The second-order valence-electron chi connectivity index (χ2n) is 6.40. The number of hydrogen-bond donors (Lipinski definition) is 1. The topological polar surface area (TPSA) is 54.9 Å². The van der Waals surface area contributed by atoms with Crippen LogP contribution in [0.2, 0.25) is 0 Å². The zero-order valence-corrected chi connectivity index (χ0v) is 15.5. The Morgan fingerprint density at radius 2 is 1.29 bits per heavy atom. The van der Waals surface area contributed by atoms with E-state index in [1.54, 1.807) is 0 Å². The van der Waals surface area contributed by atoms with Crippen LogP contribution in [0.15, 0.2) is 16.9 Å². The summed E-state index contributed by atoms with van der Waals surface area (Å²) in [5, 5.41) is 1.23. The molecular formula is C18H4F12N2O2. The molecule has 0 fully saturated rings. The first-order valence-corrected chi connectivity index (χ1v) is 8.35. The van der Waals surface area contributed by atoms with E-state index in [2.05, 4.69) is 0 Å². The van der Waals surface area contributed by atoms with Gasteiger partial charge in [0.1, 0.15) is 22.5 Å². The smallest absolute Gasteiger partial charge is 0.288 e. The van der Waals surface area contributed by atoms with Crippen LogP contribution in [-0.2, 0) is 6.18 Å². The van der Waals surface area contributed by atoms with Crippen LogP contribution in [-0.4, -0.2) is 15.6 Å². The Morgan fingerprint density at radius 1 is 0.824 bits per heavy atom. The molecule has 0 saturated heterocycles. The summed E-state index contributed by atoms with van der Waals surface area (Å²) in [7, 11) is 0. The van der Waals surface area contributed by atoms with Crippen molar-refractivity contribution in [1.29, 1.82) is 0 Å². The van der Waals surface area contributed by atoms with Crippen LogP contribution in [0.4, 0.5) is 52.7 Å². The summed E-state index contributed by atoms with van der Waals surface area (Å²) in [5.41, 5.74) is -12.3. The second-order valence-corrected chi connectivity index (χ2v) is 6.40. The third-order valence-electron chi connectivity index (χ3n) is 4.36. The molecule has 2 aromatic carbocycles. The maximum atomic E-state index is 14.2. The highest BCUT2D eigenvalue weighted by atomic mass is 19.4. The van der Waals surface area contributed by atoms with Crippen molar-refractivity contribution in [2.75, 3.05) is 0 Å². The summed E-state index contributed by atoms with van der Waals surface area (Å²) in [4.78, 5) is 24.9. The first-order chi connectivity index (χ1) is 15.6. The van der Waals surface area contributed by atoms with E-state index in [0.29, 0.717) is 0 Å². The van der Waals surface area contributed by atoms with E-state index in [4.69, 9.17) is 0 Å². The van der Waals surface area contributed by atoms with E-state index in [-0.39, 0.29) is 12.1 Å². The summed E-state index contributed by atoms with van der Waals surface area (Å²) >= 11 is 0. The number of carbonyl (C=O) groups is 1. The number of ketones is 1. The second kappa shape index (κ2) is 8.25. The number of carbonyl (C=O) groups excluding carboxylic acids is 1. The van der Waals surface area contributed by atoms with Crippen LogP contribution in [0.5, 0.6) is 0 Å². The number of hydrogen-bond acceptors (Lipinski definition) is 2. The number of halogens is 12. The Hall–Kier alpha value is -3.72. The van der Waals surface area contributed by atoms with E-state index >= 15 is 0 Å². The van der Waals surface area contributed by atoms with Gasteiger partial charge >= 0.3 is 6.18 Å². The molecule has 1 N–H and O–H groups in total. The van der Waals surface area contributed by atoms with Crippen molar-refractivity contribution in [2.45, 2.75) is 12.6 Å². The molecular weight excluding hydrogens is 504 g/mol. The number of nitrogens with one attached hydrogen (secondary N) is 1. The Bertz CT molecular complexity index is 1340. The number of alkyl halides is 5. The highest BCUT2D eigenvalue weighted by Gasteiger charge is 2.43. The highest BCUT2D eigenvalue weighted by Crippen LogP contribution is 2.38. The minimum Gasteiger partial charge on any atom is -0.288 e. The van der Waals surface area contributed by atoms with Crippen LogP contribution in [0.25, 0.3) is 5.69 Å². The largest absolute Gasteiger partial charge is 0.422 e. The van der Waals surface area contributed by atoms with Crippen LogP contribution in [0.1, 0.15) is 33.6 Å². The van der Waals surface area contributed by atoms with Crippen LogP contribution < -0.4 is 5.56 Å². The van der Waals surface area contributed by atoms with Crippen LogP contribution in [0, 0.1) is 40.7 Å². The van der Waals surface area contributed by atoms with Gasteiger partial charge in [-0.05, 0) is 12.1 Å². The van der Waals surface area contributed by atoms with Crippen molar-refractivity contribution in [3.05, 3.63) is 85.6 Å². The van der Waals surface area contributed by atoms with Gasteiger partial charge in [-0.2, -0.15) is 13.2 Å². The molecule has 3 aromatic rings. The molecule has 16 heteroatoms. The van der Waals surface area contributed by atoms with Crippen molar-refractivity contribution < 1.29 is 57.5 Å². The molecule has 182 valence electrons. The average molecular weight is 508 g/mol. The van der Waals surface area contributed by atoms with E-state index in [9.17, 15) is 62.3 Å². The standard InChI is InChI=1S/C18H4F12N2O2/c19-4-1-3(2-5(20)8(4)21)15(33)6-13(16(26)27)31-32(17(6)34)14-11(24)9(22)7(18(28,29)30)10(23)12(14)25/h1-2,16,31H. The number of aromatic amines is 1. The zero-order chi connectivity index (χ0) is 25.9. The first kappa shape index (κ1) is 24.9. The van der Waals surface area contributed by atoms with Gasteiger partial charge in [-0.3, -0.25) is 14.7 Å². The number of aromatic nitrogens is 2. The van der Waals surface area contributed by atoms with Gasteiger partial charge in [-0.15, -0.1) is 0 Å². The molecule has 4 nitrogen and oxygen atoms in total. The van der Waals surface area contributed by atoms with Crippen molar-refractivity contribution >= 4 is 5.78 Å². The predicted octanol–water partition coefficient (Wildman–Crippen LogP) is 5.33. The summed E-state index contributed by atoms with van der Waals surface area (Å²) in [5.74, 6) is -19.8. The van der Waals surface area contributed by atoms with E-state index < -0.39 is 97.4 Å². The van der Waals surface area contributed by atoms with Crippen LogP contribution in [0.3, 0.4) is 0 Å². The molecule has 0 bridgehead atoms. The summed E-state index contributed by atoms with van der Waals surface area (Å²) in [6.07, 6.45) is -9.83. The van der Waals surface area contributed by atoms with Gasteiger partial charge in [-0.25, -0.2) is 44.2 Å². The zero-order valence-electron chi connectivity index (χ0n) is 15.5. The lowest BCUT2D eigenvalue weighted by atomic mass is 10.0. The predicted molar refractivity (Wildman–Crippen MR) is 85.9 cm³/mol. The SMILES string of the molecule is O=C(c1cc(F)c(F)c(F)c1)c1c(C(F)F)[nH]n(-c2c(F)c(F)c(C(F)(F)F)c(F)c2F)c1=O. The molecule has 0 atom stereocenters. The Balaban J connectivity index is 2.34. The fourth-order valence-corrected chi connectivity index (χ4v) is 2.89. The summed E-state index contributed by atoms with van der Waals surface area (Å²) in [6.45, 7) is 0. The van der Waals surface area contributed by atoms with Gasteiger partial charge in [0.2, 0.25) is 5.78 Å². The van der Waals surface area contributed by atoms with Gasteiger partial charge in [0.15, 0.2) is 40.7 Å². The maximum absolute atomic E-state index is 14.2. The van der Waals surface area contributed by atoms with Gasteiger partial charge in [-0.1, -0.05) is 0 Å². The molecule has 0 amide bonds. The molecule has 0 unspecified atom stereocenters. The lowest BCUT2D eigenvalue weighted by molar-refractivity contribution is -0.143. The maximum Gasteiger partial charge on any atom is 0.422 e. The van der Waals surface area contributed by atoms with E-state index in [0.717, 1.165) is 0 Å². The summed E-state index contributed by atoms with van der Waals surface area (Å²) < 4.78 is 160. The van der Waals surface area contributed by atoms with Gasteiger partial charge in [0.25, 0.3) is 12.0 Å². The van der Waals surface area contributed by atoms with Crippen molar-refractivity contribution in [2.24, 2.45) is 0 Å². The fourth-order valence-electron chi connectivity index (χ4n) is 2.89. The summed E-state index contributed by atoms with van der Waals surface area (Å²) in [6, 6.07) is -0.0448. The third-order valence-corrected chi connectivity index (χ3v) is 4.36. The molecule has 0 radical (unpaired) electrons. The molecule has 34 heavy (non-hydrogen) atoms. The Morgan fingerprint density at radius 3 is 1.71 bits per heavy atom. The average Bonchev–Trinajstić information content (AvgIpc) is 3.06. The molecule has 3 rings (SSSR count). The molecule has 0 aliphatic carbocycles. The van der Waals surface area contributed by atoms with E-state index in [1.807, 2.05) is 0 Å². The van der Waals surface area contributed by atoms with Crippen molar-refractivity contribution in [3.63, 3.8) is 0 Å². The lowest BCUT2D eigenvalue weighted by Crippen LogP contribution is -2.25. The lowest BCUT2D eigenvalue weighted by Gasteiger charge is -2.14. The Labute approximate surface area is 178 Å². The molecule has 1 heterocycles. The van der Waals surface area contributed by atoms with Gasteiger partial charge in [0, 0.05) is 5.56 Å². The third kappa shape index (κ3) is 3.81. The fraction of sp³-hybridized carbons (Fsp3) is 0.111. The number of benzene rings is 2.